The molecule has 184 valence electrons. The summed E-state index contributed by atoms with van der Waals surface area (Å²) in [5, 5.41) is 38.3. The van der Waals surface area contributed by atoms with E-state index in [1.165, 1.54) is 38.5 Å². The first-order valence-corrected chi connectivity index (χ1v) is 11.4. The molecule has 0 bridgehead atoms. The summed E-state index contributed by atoms with van der Waals surface area (Å²) in [6.07, 6.45) is 3.11. The van der Waals surface area contributed by atoms with Gasteiger partial charge in [-0.2, -0.15) is 10.5 Å². The van der Waals surface area contributed by atoms with Gasteiger partial charge < -0.3 is 19.7 Å². The average molecular weight is 559 g/mol. The van der Waals surface area contributed by atoms with Crippen LogP contribution >= 0.6 is 15.9 Å². The van der Waals surface area contributed by atoms with E-state index >= 15 is 0 Å². The van der Waals surface area contributed by atoms with Gasteiger partial charge in [-0.1, -0.05) is 40.2 Å². The number of allylic oxidation sites excluding steroid dienone is 2. The van der Waals surface area contributed by atoms with Crippen molar-refractivity contribution in [3.63, 3.8) is 0 Å². The highest BCUT2D eigenvalue weighted by atomic mass is 79.9. The third kappa shape index (κ3) is 6.04. The highest BCUT2D eigenvalue weighted by molar-refractivity contribution is 9.10. The lowest BCUT2D eigenvalue weighted by atomic mass is 9.98. The Morgan fingerprint density at radius 2 is 1.24 bits per heavy atom. The Morgan fingerprint density at radius 3 is 1.65 bits per heavy atom. The lowest BCUT2D eigenvalue weighted by molar-refractivity contribution is 0.0682. The summed E-state index contributed by atoms with van der Waals surface area (Å²) < 4.78 is 10.7. The largest absolute Gasteiger partial charge is 0.496 e. The minimum atomic E-state index is -1.15. The summed E-state index contributed by atoms with van der Waals surface area (Å²) in [5.41, 5.74) is 2.56. The Labute approximate surface area is 221 Å². The molecule has 0 saturated carbocycles. The summed E-state index contributed by atoms with van der Waals surface area (Å²) in [7, 11) is 2.75. The van der Waals surface area contributed by atoms with Crippen molar-refractivity contribution in [3.05, 3.63) is 92.5 Å². The molecule has 0 saturated heterocycles. The third-order valence-corrected chi connectivity index (χ3v) is 6.00. The number of hydrogen-bond acceptors (Lipinski definition) is 6. The summed E-state index contributed by atoms with van der Waals surface area (Å²) in [5.74, 6) is -1.89. The number of carboxylic acid groups (broad SMARTS) is 2. The van der Waals surface area contributed by atoms with E-state index in [0.29, 0.717) is 26.7 Å². The number of hydrogen-bond donors (Lipinski definition) is 2. The summed E-state index contributed by atoms with van der Waals surface area (Å²) >= 11 is 3.46. The predicted molar refractivity (Wildman–Crippen MR) is 141 cm³/mol. The van der Waals surface area contributed by atoms with E-state index in [-0.39, 0.29) is 33.8 Å². The van der Waals surface area contributed by atoms with Crippen LogP contribution in [0.15, 0.2) is 59.1 Å². The molecule has 0 atom stereocenters. The first-order chi connectivity index (χ1) is 17.7. The van der Waals surface area contributed by atoms with Gasteiger partial charge in [0.15, 0.2) is 0 Å². The number of benzene rings is 3. The van der Waals surface area contributed by atoms with Crippen LogP contribution in [-0.4, -0.2) is 36.4 Å². The molecule has 0 spiro atoms. The third-order valence-electron chi connectivity index (χ3n) is 5.34. The Balaban J connectivity index is 2.01. The monoisotopic (exact) mass is 558 g/mol. The van der Waals surface area contributed by atoms with Crippen LogP contribution < -0.4 is 9.47 Å². The van der Waals surface area contributed by atoms with Crippen molar-refractivity contribution < 1.29 is 29.3 Å². The molecule has 0 unspecified atom stereocenters. The van der Waals surface area contributed by atoms with Gasteiger partial charge in [0, 0.05) is 10.0 Å². The van der Waals surface area contributed by atoms with Crippen LogP contribution in [0.25, 0.3) is 23.3 Å². The van der Waals surface area contributed by atoms with Gasteiger partial charge in [-0.05, 0) is 59.2 Å². The van der Waals surface area contributed by atoms with Crippen molar-refractivity contribution in [3.8, 4) is 23.6 Å². The fraction of sp³-hybridized carbons (Fsp3) is 0.0714. The zero-order valence-electron chi connectivity index (χ0n) is 19.7. The predicted octanol–water partition coefficient (Wildman–Crippen LogP) is 5.99. The molecule has 3 aromatic rings. The van der Waals surface area contributed by atoms with E-state index in [0.717, 1.165) is 0 Å². The Morgan fingerprint density at radius 1 is 0.757 bits per heavy atom. The molecule has 0 aliphatic carbocycles. The van der Waals surface area contributed by atoms with Crippen molar-refractivity contribution in [2.75, 3.05) is 14.2 Å². The van der Waals surface area contributed by atoms with Gasteiger partial charge >= 0.3 is 11.9 Å². The summed E-state index contributed by atoms with van der Waals surface area (Å²) in [6, 6.07) is 18.4. The minimum absolute atomic E-state index is 0.0292. The quantitative estimate of drug-likeness (QED) is 0.253. The Kier molecular flexibility index (Phi) is 8.47. The number of methoxy groups -OCH3 is 2. The number of aromatic carboxylic acids is 2. The van der Waals surface area contributed by atoms with Crippen LogP contribution in [0.1, 0.15) is 43.0 Å². The van der Waals surface area contributed by atoms with Crippen LogP contribution in [0.2, 0.25) is 0 Å². The van der Waals surface area contributed by atoms with E-state index in [2.05, 4.69) is 28.1 Å². The Hall–Kier alpha value is -4.86. The molecule has 0 aliphatic heterocycles. The first-order valence-electron chi connectivity index (χ1n) is 10.6. The molecule has 37 heavy (non-hydrogen) atoms. The number of halogens is 1. The van der Waals surface area contributed by atoms with Crippen LogP contribution in [0, 0.1) is 22.7 Å². The summed E-state index contributed by atoms with van der Waals surface area (Å²) in [4.78, 5) is 23.0. The second-order valence-electron chi connectivity index (χ2n) is 7.56. The van der Waals surface area contributed by atoms with Gasteiger partial charge in [-0.15, -0.1) is 0 Å². The number of ether oxygens (including phenoxy) is 2. The second kappa shape index (κ2) is 11.7. The van der Waals surface area contributed by atoms with Gasteiger partial charge in [0.2, 0.25) is 0 Å². The van der Waals surface area contributed by atoms with Gasteiger partial charge in [0.25, 0.3) is 0 Å². The number of carbonyl (C=O) groups is 2. The molecule has 8 nitrogen and oxygen atoms in total. The average Bonchev–Trinajstić information content (AvgIpc) is 2.90. The minimum Gasteiger partial charge on any atom is -0.496 e. The number of carboxylic acids is 2. The molecule has 0 fully saturated rings. The van der Waals surface area contributed by atoms with Gasteiger partial charge in [0.05, 0.1) is 37.5 Å². The molecule has 0 aliphatic rings. The maximum Gasteiger partial charge on any atom is 0.339 e. The van der Waals surface area contributed by atoms with E-state index < -0.39 is 11.9 Å². The van der Waals surface area contributed by atoms with Crippen LogP contribution in [0.5, 0.6) is 11.5 Å². The van der Waals surface area contributed by atoms with E-state index in [1.807, 2.05) is 0 Å². The van der Waals surface area contributed by atoms with E-state index in [4.69, 9.17) is 9.47 Å². The first kappa shape index (κ1) is 26.7. The molecule has 0 aromatic heterocycles. The van der Waals surface area contributed by atoms with Crippen LogP contribution in [0.4, 0.5) is 0 Å². The molecule has 0 radical (unpaired) electrons. The van der Waals surface area contributed by atoms with Crippen LogP contribution in [0.3, 0.4) is 0 Å². The van der Waals surface area contributed by atoms with Crippen molar-refractivity contribution in [2.24, 2.45) is 0 Å². The van der Waals surface area contributed by atoms with E-state index in [9.17, 15) is 30.3 Å². The lowest BCUT2D eigenvalue weighted by Gasteiger charge is -2.09. The lowest BCUT2D eigenvalue weighted by Crippen LogP contribution is -2.00. The molecule has 3 aromatic carbocycles. The maximum atomic E-state index is 11.5. The highest BCUT2D eigenvalue weighted by Crippen LogP contribution is 2.31. The van der Waals surface area contributed by atoms with Gasteiger partial charge in [-0.25, -0.2) is 9.59 Å². The fourth-order valence-corrected chi connectivity index (χ4v) is 4.14. The zero-order valence-corrected chi connectivity index (χ0v) is 21.2. The fourth-order valence-electron chi connectivity index (χ4n) is 3.55. The zero-order chi connectivity index (χ0) is 27.1. The highest BCUT2D eigenvalue weighted by Gasteiger charge is 2.14. The van der Waals surface area contributed by atoms with Crippen molar-refractivity contribution >= 4 is 51.2 Å². The maximum absolute atomic E-state index is 11.5. The van der Waals surface area contributed by atoms with E-state index in [1.54, 1.807) is 42.5 Å². The number of nitrogens with zero attached hydrogens (tertiary/aromatic N) is 2. The molecular weight excluding hydrogens is 540 g/mol. The van der Waals surface area contributed by atoms with Crippen LogP contribution in [-0.2, 0) is 0 Å². The molecule has 0 amide bonds. The topological polar surface area (TPSA) is 141 Å². The van der Waals surface area contributed by atoms with Crippen molar-refractivity contribution in [1.29, 1.82) is 10.5 Å². The molecular formula is C28H19BrN2O6. The van der Waals surface area contributed by atoms with Gasteiger partial charge in [0.1, 0.15) is 22.6 Å². The van der Waals surface area contributed by atoms with Crippen molar-refractivity contribution in [2.45, 2.75) is 0 Å². The Bertz CT molecular complexity index is 1540. The SMILES string of the molecule is COc1ccc(C=C(C#N)c2ccc(C(C#N)=Cc3ccc(OC)c(C(=O)O)c3)c(Br)c2)cc1C(=O)O. The smallest absolute Gasteiger partial charge is 0.339 e. The molecule has 2 N–H and O–H groups in total. The second-order valence-corrected chi connectivity index (χ2v) is 8.42. The van der Waals surface area contributed by atoms with Crippen molar-refractivity contribution in [1.82, 2.24) is 0 Å². The molecule has 0 heterocycles. The number of nitriles is 2. The summed E-state index contributed by atoms with van der Waals surface area (Å²) in [6.45, 7) is 0. The van der Waals surface area contributed by atoms with Gasteiger partial charge in [-0.3, -0.25) is 0 Å². The standard InChI is InChI=1S/C28H19BrN2O6/c1-36-25-7-3-16(11-22(25)27(32)33)9-19(14-30)18-5-6-21(24(29)13-18)20(15-31)10-17-4-8-26(37-2)23(12-17)28(34)35/h3-13H,1-2H3,(H,32,33)(H,34,35). The number of rotatable bonds is 8. The normalized spacial score (nSPS) is 11.3. The molecule has 3 rings (SSSR count). The molecule has 9 heteroatoms.